The molecule has 32 heavy (non-hydrogen) atoms. The molecule has 0 amide bonds. The maximum Gasteiger partial charge on any atom is 0.337 e. The van der Waals surface area contributed by atoms with Gasteiger partial charge in [0, 0.05) is 5.56 Å². The lowest BCUT2D eigenvalue weighted by atomic mass is 10.1. The Kier molecular flexibility index (Phi) is 8.16. The van der Waals surface area contributed by atoms with Crippen molar-refractivity contribution in [3.05, 3.63) is 89.1 Å². The molecule has 0 spiro atoms. The van der Waals surface area contributed by atoms with Gasteiger partial charge in [0.1, 0.15) is 18.1 Å². The van der Waals surface area contributed by atoms with Crippen molar-refractivity contribution in [1.29, 1.82) is 0 Å². The Morgan fingerprint density at radius 2 is 1.94 bits per heavy atom. The van der Waals surface area contributed by atoms with E-state index in [1.807, 2.05) is 49.4 Å². The molecule has 0 atom stereocenters. The highest BCUT2D eigenvalue weighted by Crippen LogP contribution is 2.27. The predicted molar refractivity (Wildman–Crippen MR) is 132 cm³/mol. The summed E-state index contributed by atoms with van der Waals surface area (Å²) in [6, 6.07) is 15.0. The van der Waals surface area contributed by atoms with Crippen LogP contribution in [-0.4, -0.2) is 36.2 Å². The van der Waals surface area contributed by atoms with E-state index >= 15 is 0 Å². The van der Waals surface area contributed by atoms with E-state index < -0.39 is 5.97 Å². The summed E-state index contributed by atoms with van der Waals surface area (Å²) in [4.78, 5) is 21.4. The van der Waals surface area contributed by atoms with Crippen molar-refractivity contribution in [3.8, 4) is 11.3 Å². The Hall–Kier alpha value is -3.45. The third-order valence-electron chi connectivity index (χ3n) is 4.52. The number of aromatic nitrogens is 2. The maximum atomic E-state index is 11.9. The topological polar surface area (TPSA) is 73.3 Å². The minimum absolute atomic E-state index is 0.393. The molecule has 6 nitrogen and oxygen atoms in total. The molecular weight excluding hydrogens is 470 g/mol. The van der Waals surface area contributed by atoms with Gasteiger partial charge in [0.15, 0.2) is 5.82 Å². The number of benzene rings is 2. The van der Waals surface area contributed by atoms with Crippen molar-refractivity contribution in [1.82, 2.24) is 9.97 Å². The second-order valence-corrected chi connectivity index (χ2v) is 7.53. The fraction of sp³-hybridized carbons (Fsp3) is 0.160. The zero-order chi connectivity index (χ0) is 22.9. The molecule has 1 heterocycles. The number of allylic oxidation sites excluding steroid dienone is 4. The van der Waals surface area contributed by atoms with Gasteiger partial charge in [0.2, 0.25) is 0 Å². The van der Waals surface area contributed by atoms with Crippen LogP contribution in [0.4, 0.5) is 5.82 Å². The fourth-order valence-corrected chi connectivity index (χ4v) is 3.54. The summed E-state index contributed by atoms with van der Waals surface area (Å²) in [6.45, 7) is 6.60. The van der Waals surface area contributed by atoms with Crippen LogP contribution < -0.4 is 5.32 Å². The van der Waals surface area contributed by atoms with Crippen LogP contribution in [0.1, 0.15) is 17.3 Å². The molecule has 0 saturated carbocycles. The van der Waals surface area contributed by atoms with Crippen LogP contribution in [0, 0.1) is 0 Å². The number of ether oxygens (including phenoxy) is 2. The van der Waals surface area contributed by atoms with Crippen molar-refractivity contribution in [2.24, 2.45) is 0 Å². The third kappa shape index (κ3) is 5.62. The van der Waals surface area contributed by atoms with Gasteiger partial charge in [-0.1, -0.05) is 43.0 Å². The molecule has 0 bridgehead atoms. The van der Waals surface area contributed by atoms with E-state index in [1.165, 1.54) is 7.11 Å². The van der Waals surface area contributed by atoms with Gasteiger partial charge in [-0.25, -0.2) is 14.8 Å². The van der Waals surface area contributed by atoms with Gasteiger partial charge >= 0.3 is 5.97 Å². The van der Waals surface area contributed by atoms with E-state index in [9.17, 15) is 4.79 Å². The molecule has 1 N–H and O–H groups in total. The summed E-state index contributed by atoms with van der Waals surface area (Å²) in [6.07, 6.45) is 5.46. The van der Waals surface area contributed by atoms with Crippen LogP contribution in [0.3, 0.4) is 0 Å². The van der Waals surface area contributed by atoms with Gasteiger partial charge in [-0.05, 0) is 53.2 Å². The van der Waals surface area contributed by atoms with E-state index in [0.717, 1.165) is 15.7 Å². The highest BCUT2D eigenvalue weighted by molar-refractivity contribution is 9.11. The second-order valence-electron chi connectivity index (χ2n) is 6.67. The van der Waals surface area contributed by atoms with Crippen LogP contribution in [0.15, 0.2) is 83.6 Å². The molecule has 7 heteroatoms. The molecular formula is C25H24BrN3O3. The summed E-state index contributed by atoms with van der Waals surface area (Å²) in [5.74, 6) is 0.839. The van der Waals surface area contributed by atoms with Crippen molar-refractivity contribution in [2.75, 3.05) is 25.6 Å². The summed E-state index contributed by atoms with van der Waals surface area (Å²) in [5.41, 5.74) is 3.36. The normalized spacial score (nSPS) is 11.8. The Labute approximate surface area is 195 Å². The Morgan fingerprint density at radius 1 is 1.16 bits per heavy atom. The number of hydrogen-bond acceptors (Lipinski definition) is 6. The average molecular weight is 494 g/mol. The van der Waals surface area contributed by atoms with E-state index in [-0.39, 0.29) is 0 Å². The summed E-state index contributed by atoms with van der Waals surface area (Å²) >= 11 is 3.47. The first-order valence-electron chi connectivity index (χ1n) is 10.0. The number of carbonyl (C=O) groups excluding carboxylic acids is 1. The summed E-state index contributed by atoms with van der Waals surface area (Å²) in [7, 11) is 1.35. The number of anilines is 1. The predicted octanol–water partition coefficient (Wildman–Crippen LogP) is 5.88. The zero-order valence-corrected chi connectivity index (χ0v) is 19.6. The SMILES string of the molecule is C=C/C(OCCNc1nc2cc(C(=O)OC)ccc2nc1-c1ccccc1)=C(Br)\C=C/C. The molecule has 2 aromatic carbocycles. The van der Waals surface area contributed by atoms with Gasteiger partial charge in [0.25, 0.3) is 0 Å². The number of methoxy groups -OCH3 is 1. The monoisotopic (exact) mass is 493 g/mol. The van der Waals surface area contributed by atoms with Gasteiger partial charge in [-0.15, -0.1) is 0 Å². The molecule has 0 aliphatic rings. The molecule has 164 valence electrons. The molecule has 0 aliphatic heterocycles. The van der Waals surface area contributed by atoms with Crippen molar-refractivity contribution >= 4 is 38.8 Å². The number of hydrogen-bond donors (Lipinski definition) is 1. The number of rotatable bonds is 9. The van der Waals surface area contributed by atoms with E-state index in [2.05, 4.69) is 27.8 Å². The van der Waals surface area contributed by atoms with Crippen LogP contribution in [0.5, 0.6) is 0 Å². The average Bonchev–Trinajstić information content (AvgIpc) is 2.83. The summed E-state index contributed by atoms with van der Waals surface area (Å²) < 4.78 is 11.5. The molecule has 0 fully saturated rings. The van der Waals surface area contributed by atoms with Crippen molar-refractivity contribution < 1.29 is 14.3 Å². The maximum absolute atomic E-state index is 11.9. The highest BCUT2D eigenvalue weighted by Gasteiger charge is 2.13. The molecule has 0 radical (unpaired) electrons. The van der Waals surface area contributed by atoms with Crippen LogP contribution in [0.25, 0.3) is 22.3 Å². The van der Waals surface area contributed by atoms with E-state index in [0.29, 0.717) is 41.3 Å². The molecule has 0 aliphatic carbocycles. The van der Waals surface area contributed by atoms with E-state index in [4.69, 9.17) is 19.4 Å². The van der Waals surface area contributed by atoms with Crippen molar-refractivity contribution in [3.63, 3.8) is 0 Å². The number of carbonyl (C=O) groups is 1. The van der Waals surface area contributed by atoms with Crippen molar-refractivity contribution in [2.45, 2.75) is 6.92 Å². The fourth-order valence-electron chi connectivity index (χ4n) is 3.00. The lowest BCUT2D eigenvalue weighted by Gasteiger charge is -2.14. The van der Waals surface area contributed by atoms with Gasteiger partial charge in [0.05, 0.1) is 34.7 Å². The molecule has 0 unspecified atom stereocenters. The first kappa shape index (κ1) is 23.2. The Morgan fingerprint density at radius 3 is 2.62 bits per heavy atom. The Balaban J connectivity index is 1.89. The lowest BCUT2D eigenvalue weighted by Crippen LogP contribution is -2.12. The van der Waals surface area contributed by atoms with Crippen LogP contribution in [-0.2, 0) is 9.47 Å². The van der Waals surface area contributed by atoms with E-state index in [1.54, 1.807) is 24.3 Å². The van der Waals surface area contributed by atoms with Crippen LogP contribution in [0.2, 0.25) is 0 Å². The van der Waals surface area contributed by atoms with Gasteiger partial charge in [-0.3, -0.25) is 0 Å². The minimum atomic E-state index is -0.417. The number of nitrogens with one attached hydrogen (secondary N) is 1. The molecule has 3 rings (SSSR count). The smallest absolute Gasteiger partial charge is 0.337 e. The Bertz CT molecular complexity index is 1170. The second kappa shape index (κ2) is 11.2. The lowest BCUT2D eigenvalue weighted by molar-refractivity contribution is 0.0601. The first-order chi connectivity index (χ1) is 15.6. The van der Waals surface area contributed by atoms with Crippen LogP contribution >= 0.6 is 15.9 Å². The zero-order valence-electron chi connectivity index (χ0n) is 18.0. The molecule has 1 aromatic heterocycles. The number of fused-ring (bicyclic) bond motifs is 1. The number of halogens is 1. The molecule has 3 aromatic rings. The largest absolute Gasteiger partial charge is 0.491 e. The minimum Gasteiger partial charge on any atom is -0.491 e. The number of esters is 1. The highest BCUT2D eigenvalue weighted by atomic mass is 79.9. The first-order valence-corrected chi connectivity index (χ1v) is 10.8. The van der Waals surface area contributed by atoms with Gasteiger partial charge in [-0.2, -0.15) is 0 Å². The van der Waals surface area contributed by atoms with Gasteiger partial charge < -0.3 is 14.8 Å². The standard InChI is InChI=1S/C25H24BrN3O3/c1-4-9-19(26)22(5-2)32-15-14-27-24-23(17-10-7-6-8-11-17)28-20-13-12-18(25(30)31-3)16-21(20)29-24/h4-13,16H,2,14-15H2,1,3H3,(H,27,29)/b9-4-,22-19-. The molecule has 0 saturated heterocycles. The summed E-state index contributed by atoms with van der Waals surface area (Å²) in [5, 5.41) is 3.31. The number of nitrogens with zero attached hydrogens (tertiary/aromatic N) is 2. The third-order valence-corrected chi connectivity index (χ3v) is 5.17. The quantitative estimate of drug-likeness (QED) is 0.173.